The molecule has 0 saturated carbocycles. The number of hydrogen-bond donors (Lipinski definition) is 3. The largest absolute Gasteiger partial charge is 0.508 e. The van der Waals surface area contributed by atoms with Crippen LogP contribution in [-0.4, -0.2) is 34.9 Å². The Bertz CT molecular complexity index is 530. The third kappa shape index (κ3) is 4.23. The van der Waals surface area contributed by atoms with Crippen LogP contribution in [0.15, 0.2) is 18.2 Å². The number of phenolic OH excluding ortho intramolecular Hbond substituents is 1. The van der Waals surface area contributed by atoms with Crippen LogP contribution in [0.4, 0.5) is 5.69 Å². The zero-order chi connectivity index (χ0) is 15.1. The van der Waals surface area contributed by atoms with Crippen LogP contribution in [0, 0.1) is 10.1 Å². The van der Waals surface area contributed by atoms with Gasteiger partial charge in [0.05, 0.1) is 4.92 Å². The van der Waals surface area contributed by atoms with Crippen molar-refractivity contribution in [3.8, 4) is 5.75 Å². The lowest BCUT2D eigenvalue weighted by atomic mass is 10.1. The van der Waals surface area contributed by atoms with Crippen LogP contribution in [0.1, 0.15) is 23.7 Å². The minimum atomic E-state index is -0.711. The SMILES string of the molecule is CCNC(=O)CCNC(=O)c1cc(O)ccc1[N+](=O)[O-]. The Morgan fingerprint density at radius 2 is 2.05 bits per heavy atom. The maximum absolute atomic E-state index is 11.8. The highest BCUT2D eigenvalue weighted by atomic mass is 16.6. The van der Waals surface area contributed by atoms with Crippen LogP contribution in [0.3, 0.4) is 0 Å². The average Bonchev–Trinajstić information content (AvgIpc) is 2.38. The number of phenols is 1. The maximum Gasteiger partial charge on any atom is 0.282 e. The lowest BCUT2D eigenvalue weighted by Crippen LogP contribution is -2.30. The van der Waals surface area contributed by atoms with E-state index in [1.165, 1.54) is 0 Å². The first kappa shape index (κ1) is 15.4. The van der Waals surface area contributed by atoms with Gasteiger partial charge in [0.25, 0.3) is 11.6 Å². The molecule has 0 aliphatic carbocycles. The van der Waals surface area contributed by atoms with E-state index in [0.717, 1.165) is 18.2 Å². The molecule has 0 heterocycles. The Morgan fingerprint density at radius 1 is 1.35 bits per heavy atom. The van der Waals surface area contributed by atoms with Crippen LogP contribution in [-0.2, 0) is 4.79 Å². The second-order valence-electron chi connectivity index (χ2n) is 3.92. The van der Waals surface area contributed by atoms with Gasteiger partial charge in [-0.3, -0.25) is 19.7 Å². The summed E-state index contributed by atoms with van der Waals surface area (Å²) in [6.45, 7) is 2.31. The van der Waals surface area contributed by atoms with Crippen molar-refractivity contribution in [2.75, 3.05) is 13.1 Å². The number of carbonyl (C=O) groups excluding carboxylic acids is 2. The Hall–Kier alpha value is -2.64. The fourth-order valence-electron chi connectivity index (χ4n) is 1.54. The lowest BCUT2D eigenvalue weighted by molar-refractivity contribution is -0.385. The Balaban J connectivity index is 2.70. The minimum Gasteiger partial charge on any atom is -0.508 e. The van der Waals surface area contributed by atoms with E-state index in [-0.39, 0.29) is 30.2 Å². The van der Waals surface area contributed by atoms with Gasteiger partial charge in [-0.1, -0.05) is 0 Å². The summed E-state index contributed by atoms with van der Waals surface area (Å²) in [6.07, 6.45) is 0.0756. The van der Waals surface area contributed by atoms with Crippen LogP contribution in [0.2, 0.25) is 0 Å². The number of benzene rings is 1. The van der Waals surface area contributed by atoms with Crippen molar-refractivity contribution in [2.24, 2.45) is 0 Å². The smallest absolute Gasteiger partial charge is 0.282 e. The number of hydrogen-bond acceptors (Lipinski definition) is 5. The number of nitrogens with zero attached hydrogens (tertiary/aromatic N) is 1. The molecule has 0 radical (unpaired) electrons. The first-order valence-corrected chi connectivity index (χ1v) is 5.98. The van der Waals surface area contributed by atoms with E-state index in [1.54, 1.807) is 6.92 Å². The van der Waals surface area contributed by atoms with Gasteiger partial charge >= 0.3 is 0 Å². The van der Waals surface area contributed by atoms with Crippen molar-refractivity contribution in [1.82, 2.24) is 10.6 Å². The van der Waals surface area contributed by atoms with Gasteiger partial charge < -0.3 is 15.7 Å². The highest BCUT2D eigenvalue weighted by Crippen LogP contribution is 2.22. The molecule has 0 saturated heterocycles. The molecule has 1 rings (SSSR count). The standard InChI is InChI=1S/C12H15N3O5/c1-2-13-11(17)5-6-14-12(18)9-7-8(16)3-4-10(9)15(19)20/h3-4,7,16H,2,5-6H2,1H3,(H,13,17)(H,14,18). The molecule has 0 atom stereocenters. The normalized spacial score (nSPS) is 9.85. The Kier molecular flexibility index (Phi) is 5.45. The van der Waals surface area contributed by atoms with Gasteiger partial charge in [0, 0.05) is 25.6 Å². The molecule has 0 bridgehead atoms. The molecule has 1 aromatic carbocycles. The summed E-state index contributed by atoms with van der Waals surface area (Å²) in [5, 5.41) is 25.0. The molecule has 0 aliphatic rings. The monoisotopic (exact) mass is 281 g/mol. The zero-order valence-electron chi connectivity index (χ0n) is 10.9. The van der Waals surface area contributed by atoms with Gasteiger partial charge in [0.1, 0.15) is 11.3 Å². The molecule has 0 spiro atoms. The molecule has 3 N–H and O–H groups in total. The third-order valence-corrected chi connectivity index (χ3v) is 2.43. The zero-order valence-corrected chi connectivity index (χ0v) is 10.9. The van der Waals surface area contributed by atoms with Gasteiger partial charge in [0.15, 0.2) is 0 Å². The third-order valence-electron chi connectivity index (χ3n) is 2.43. The van der Waals surface area contributed by atoms with E-state index in [9.17, 15) is 24.8 Å². The number of carbonyl (C=O) groups is 2. The van der Waals surface area contributed by atoms with Crippen LogP contribution < -0.4 is 10.6 Å². The maximum atomic E-state index is 11.8. The lowest BCUT2D eigenvalue weighted by Gasteiger charge is -2.06. The number of aromatic hydroxyl groups is 1. The van der Waals surface area contributed by atoms with Gasteiger partial charge in [0.2, 0.25) is 5.91 Å². The summed E-state index contributed by atoms with van der Waals surface area (Å²) < 4.78 is 0. The highest BCUT2D eigenvalue weighted by molar-refractivity contribution is 5.98. The fourth-order valence-corrected chi connectivity index (χ4v) is 1.54. The fraction of sp³-hybridized carbons (Fsp3) is 0.333. The van der Waals surface area contributed by atoms with Gasteiger partial charge in [-0.15, -0.1) is 0 Å². The van der Waals surface area contributed by atoms with Crippen molar-refractivity contribution in [3.05, 3.63) is 33.9 Å². The van der Waals surface area contributed by atoms with Crippen molar-refractivity contribution < 1.29 is 19.6 Å². The van der Waals surface area contributed by atoms with Crippen LogP contribution >= 0.6 is 0 Å². The van der Waals surface area contributed by atoms with Crippen molar-refractivity contribution in [1.29, 1.82) is 0 Å². The molecule has 2 amide bonds. The summed E-state index contributed by atoms with van der Waals surface area (Å²) in [6, 6.07) is 3.19. The molecular formula is C12H15N3O5. The van der Waals surface area contributed by atoms with Crippen LogP contribution in [0.25, 0.3) is 0 Å². The molecule has 0 fully saturated rings. The number of amides is 2. The quantitative estimate of drug-likeness (QED) is 0.519. The number of rotatable bonds is 6. The average molecular weight is 281 g/mol. The first-order chi connectivity index (χ1) is 9.45. The second-order valence-corrected chi connectivity index (χ2v) is 3.92. The Morgan fingerprint density at radius 3 is 2.65 bits per heavy atom. The molecular weight excluding hydrogens is 266 g/mol. The minimum absolute atomic E-state index is 0.0531. The van der Waals surface area contributed by atoms with Gasteiger partial charge in [-0.2, -0.15) is 0 Å². The topological polar surface area (TPSA) is 122 Å². The van der Waals surface area contributed by atoms with E-state index >= 15 is 0 Å². The van der Waals surface area contributed by atoms with E-state index in [4.69, 9.17) is 0 Å². The van der Waals surface area contributed by atoms with E-state index in [2.05, 4.69) is 10.6 Å². The van der Waals surface area contributed by atoms with E-state index in [0.29, 0.717) is 6.54 Å². The first-order valence-electron chi connectivity index (χ1n) is 5.98. The number of nitro groups is 1. The predicted octanol–water partition coefficient (Wildman–Crippen LogP) is 0.556. The molecule has 20 heavy (non-hydrogen) atoms. The molecule has 108 valence electrons. The summed E-state index contributed by atoms with van der Waals surface area (Å²) in [4.78, 5) is 33.1. The molecule has 0 aromatic heterocycles. The summed E-state index contributed by atoms with van der Waals surface area (Å²) in [5.74, 6) is -1.18. The number of nitrogens with one attached hydrogen (secondary N) is 2. The Labute approximate surface area is 114 Å². The van der Waals surface area contributed by atoms with Crippen molar-refractivity contribution in [2.45, 2.75) is 13.3 Å². The molecule has 1 aromatic rings. The summed E-state index contributed by atoms with van der Waals surface area (Å²) >= 11 is 0. The van der Waals surface area contributed by atoms with E-state index < -0.39 is 16.5 Å². The van der Waals surface area contributed by atoms with Crippen molar-refractivity contribution in [3.63, 3.8) is 0 Å². The molecule has 8 nitrogen and oxygen atoms in total. The number of nitro benzene ring substituents is 1. The predicted molar refractivity (Wildman–Crippen MR) is 70.4 cm³/mol. The molecule has 0 aliphatic heterocycles. The van der Waals surface area contributed by atoms with E-state index in [1.807, 2.05) is 0 Å². The molecule has 0 unspecified atom stereocenters. The van der Waals surface area contributed by atoms with Crippen molar-refractivity contribution >= 4 is 17.5 Å². The second kappa shape index (κ2) is 7.07. The molecule has 8 heteroatoms. The van der Waals surface area contributed by atoms with Gasteiger partial charge in [-0.05, 0) is 19.1 Å². The van der Waals surface area contributed by atoms with Crippen LogP contribution in [0.5, 0.6) is 5.75 Å². The van der Waals surface area contributed by atoms with Gasteiger partial charge in [-0.25, -0.2) is 0 Å². The summed E-state index contributed by atoms with van der Waals surface area (Å²) in [7, 11) is 0. The summed E-state index contributed by atoms with van der Waals surface area (Å²) in [5.41, 5.74) is -0.649. The highest BCUT2D eigenvalue weighted by Gasteiger charge is 2.20.